The van der Waals surface area contributed by atoms with Gasteiger partial charge in [-0.15, -0.1) is 0 Å². The number of carbonyl (C=O) groups is 2. The van der Waals surface area contributed by atoms with E-state index < -0.39 is 11.9 Å². The molecule has 0 atom stereocenters. The molecule has 2 aromatic rings. The second kappa shape index (κ2) is 8.14. The molecule has 0 unspecified atom stereocenters. The summed E-state index contributed by atoms with van der Waals surface area (Å²) in [6, 6.07) is 9.74. The van der Waals surface area contributed by atoms with Crippen LogP contribution in [0.5, 0.6) is 5.75 Å². The number of benzene rings is 1. The predicted octanol–water partition coefficient (Wildman–Crippen LogP) is 2.93. The Morgan fingerprint density at radius 2 is 1.96 bits per heavy atom. The van der Waals surface area contributed by atoms with Gasteiger partial charge in [0.25, 0.3) is 5.91 Å². The minimum Gasteiger partial charge on any atom is -0.484 e. The van der Waals surface area contributed by atoms with Crippen LogP contribution in [0.3, 0.4) is 0 Å². The molecule has 0 saturated heterocycles. The van der Waals surface area contributed by atoms with Crippen molar-refractivity contribution in [2.75, 3.05) is 18.5 Å². The largest absolute Gasteiger partial charge is 0.484 e. The van der Waals surface area contributed by atoms with Crippen LogP contribution in [0.4, 0.5) is 5.82 Å². The highest BCUT2D eigenvalue weighted by molar-refractivity contribution is 6.30. The van der Waals surface area contributed by atoms with Crippen LogP contribution >= 0.6 is 11.6 Å². The van der Waals surface area contributed by atoms with E-state index in [9.17, 15) is 9.59 Å². The first-order chi connectivity index (χ1) is 11.1. The first-order valence-corrected chi connectivity index (χ1v) is 7.28. The number of aromatic nitrogens is 1. The smallest absolute Gasteiger partial charge is 0.341 e. The molecule has 120 valence electrons. The summed E-state index contributed by atoms with van der Waals surface area (Å²) in [6.45, 7) is 1.72. The number of nitrogens with one attached hydrogen (secondary N) is 1. The molecule has 0 saturated carbocycles. The third kappa shape index (κ3) is 4.96. The number of pyridine rings is 1. The standard InChI is InChI=1S/C16H15ClN2O4/c1-2-22-16(21)13-4-3-9-18-15(13)19-14(20)10-23-12-7-5-11(17)6-8-12/h3-9H,2,10H2,1H3,(H,18,19,20). The van der Waals surface area contributed by atoms with Gasteiger partial charge in [-0.25, -0.2) is 9.78 Å². The second-order valence-corrected chi connectivity index (χ2v) is 4.85. The van der Waals surface area contributed by atoms with Gasteiger partial charge in [0.2, 0.25) is 0 Å². The second-order valence-electron chi connectivity index (χ2n) is 4.41. The zero-order valence-electron chi connectivity index (χ0n) is 12.4. The van der Waals surface area contributed by atoms with Gasteiger partial charge in [-0.3, -0.25) is 4.79 Å². The number of ether oxygens (including phenoxy) is 2. The number of halogens is 1. The van der Waals surface area contributed by atoms with Crippen LogP contribution in [-0.4, -0.2) is 30.1 Å². The highest BCUT2D eigenvalue weighted by Gasteiger charge is 2.15. The lowest BCUT2D eigenvalue weighted by molar-refractivity contribution is -0.118. The van der Waals surface area contributed by atoms with Crippen LogP contribution in [0.25, 0.3) is 0 Å². The molecule has 0 bridgehead atoms. The van der Waals surface area contributed by atoms with Crippen molar-refractivity contribution in [3.05, 3.63) is 53.2 Å². The quantitative estimate of drug-likeness (QED) is 0.822. The van der Waals surface area contributed by atoms with Crippen molar-refractivity contribution in [3.8, 4) is 5.75 Å². The fourth-order valence-corrected chi connectivity index (χ4v) is 1.85. The Hall–Kier alpha value is -2.60. The molecule has 1 aromatic heterocycles. The minimum absolute atomic E-state index is 0.135. The molecule has 0 radical (unpaired) electrons. The summed E-state index contributed by atoms with van der Waals surface area (Å²) in [5.41, 5.74) is 0.189. The van der Waals surface area contributed by atoms with Crippen LogP contribution in [0.1, 0.15) is 17.3 Å². The van der Waals surface area contributed by atoms with E-state index in [2.05, 4.69) is 10.3 Å². The molecule has 0 spiro atoms. The number of esters is 1. The topological polar surface area (TPSA) is 77.5 Å². The molecule has 0 aliphatic carbocycles. The molecule has 7 heteroatoms. The van der Waals surface area contributed by atoms with Crippen LogP contribution in [-0.2, 0) is 9.53 Å². The van der Waals surface area contributed by atoms with Crippen LogP contribution in [0, 0.1) is 0 Å². The fourth-order valence-electron chi connectivity index (χ4n) is 1.73. The van der Waals surface area contributed by atoms with Gasteiger partial charge in [-0.2, -0.15) is 0 Å². The molecule has 1 N–H and O–H groups in total. The first-order valence-electron chi connectivity index (χ1n) is 6.90. The zero-order valence-corrected chi connectivity index (χ0v) is 13.2. The SMILES string of the molecule is CCOC(=O)c1cccnc1NC(=O)COc1ccc(Cl)cc1. The highest BCUT2D eigenvalue weighted by Crippen LogP contribution is 2.16. The summed E-state index contributed by atoms with van der Waals surface area (Å²) in [5, 5.41) is 3.11. The minimum atomic E-state index is -0.547. The van der Waals surface area contributed by atoms with Crippen LogP contribution in [0.15, 0.2) is 42.6 Å². The number of nitrogens with zero attached hydrogens (tertiary/aromatic N) is 1. The Bertz CT molecular complexity index is 689. The maximum Gasteiger partial charge on any atom is 0.341 e. The zero-order chi connectivity index (χ0) is 16.7. The van der Waals surface area contributed by atoms with Crippen molar-refractivity contribution in [3.63, 3.8) is 0 Å². The lowest BCUT2D eigenvalue weighted by Crippen LogP contribution is -2.22. The molecule has 2 rings (SSSR count). The fraction of sp³-hybridized carbons (Fsp3) is 0.188. The Balaban J connectivity index is 1.97. The summed E-state index contributed by atoms with van der Waals surface area (Å²) < 4.78 is 10.2. The van der Waals surface area contributed by atoms with Gasteiger partial charge in [0.05, 0.1) is 6.61 Å². The molecule has 1 heterocycles. The summed E-state index contributed by atoms with van der Waals surface area (Å²) in [4.78, 5) is 27.7. The molecule has 0 fully saturated rings. The van der Waals surface area contributed by atoms with E-state index in [0.717, 1.165) is 0 Å². The van der Waals surface area contributed by atoms with Gasteiger partial charge in [0.15, 0.2) is 6.61 Å². The highest BCUT2D eigenvalue weighted by atomic mass is 35.5. The van der Waals surface area contributed by atoms with Crippen molar-refractivity contribution >= 4 is 29.3 Å². The van der Waals surface area contributed by atoms with E-state index in [0.29, 0.717) is 10.8 Å². The van der Waals surface area contributed by atoms with E-state index >= 15 is 0 Å². The molecular weight excluding hydrogens is 320 g/mol. The van der Waals surface area contributed by atoms with E-state index in [1.165, 1.54) is 12.3 Å². The van der Waals surface area contributed by atoms with E-state index in [1.807, 2.05) is 0 Å². The van der Waals surface area contributed by atoms with E-state index in [1.54, 1.807) is 37.3 Å². The Morgan fingerprint density at radius 3 is 2.65 bits per heavy atom. The Labute approximate surface area is 138 Å². The lowest BCUT2D eigenvalue weighted by atomic mass is 10.2. The maximum absolute atomic E-state index is 11.9. The summed E-state index contributed by atoms with van der Waals surface area (Å²) in [7, 11) is 0. The number of rotatable bonds is 6. The molecule has 0 aliphatic heterocycles. The summed E-state index contributed by atoms with van der Waals surface area (Å²) >= 11 is 5.77. The van der Waals surface area contributed by atoms with Gasteiger partial charge >= 0.3 is 5.97 Å². The van der Waals surface area contributed by atoms with Gasteiger partial charge < -0.3 is 14.8 Å². The average molecular weight is 335 g/mol. The maximum atomic E-state index is 11.9. The molecule has 6 nitrogen and oxygen atoms in total. The van der Waals surface area contributed by atoms with Crippen molar-refractivity contribution in [1.29, 1.82) is 0 Å². The third-order valence-electron chi connectivity index (χ3n) is 2.74. The number of hydrogen-bond acceptors (Lipinski definition) is 5. The molecule has 23 heavy (non-hydrogen) atoms. The number of carbonyl (C=O) groups excluding carboxylic acids is 2. The third-order valence-corrected chi connectivity index (χ3v) is 3.00. The molecular formula is C16H15ClN2O4. The van der Waals surface area contributed by atoms with Crippen molar-refractivity contribution in [2.45, 2.75) is 6.92 Å². The first kappa shape index (κ1) is 16.8. The molecule has 1 amide bonds. The normalized spacial score (nSPS) is 10.0. The van der Waals surface area contributed by atoms with E-state index in [-0.39, 0.29) is 24.6 Å². The van der Waals surface area contributed by atoms with Gasteiger partial charge in [0, 0.05) is 11.2 Å². The lowest BCUT2D eigenvalue weighted by Gasteiger charge is -2.10. The molecule has 1 aromatic carbocycles. The van der Waals surface area contributed by atoms with Crippen LogP contribution in [0.2, 0.25) is 5.02 Å². The van der Waals surface area contributed by atoms with Gasteiger partial charge in [-0.05, 0) is 43.3 Å². The van der Waals surface area contributed by atoms with Crippen molar-refractivity contribution in [1.82, 2.24) is 4.98 Å². The number of anilines is 1. The number of amides is 1. The van der Waals surface area contributed by atoms with Gasteiger partial charge in [0.1, 0.15) is 17.1 Å². The Morgan fingerprint density at radius 1 is 1.22 bits per heavy atom. The Kier molecular flexibility index (Phi) is 5.94. The predicted molar refractivity (Wildman–Crippen MR) is 85.8 cm³/mol. The van der Waals surface area contributed by atoms with Crippen molar-refractivity contribution < 1.29 is 19.1 Å². The van der Waals surface area contributed by atoms with E-state index in [4.69, 9.17) is 21.1 Å². The number of hydrogen-bond donors (Lipinski definition) is 1. The average Bonchev–Trinajstić information content (AvgIpc) is 2.55. The van der Waals surface area contributed by atoms with Gasteiger partial charge in [-0.1, -0.05) is 11.6 Å². The molecule has 0 aliphatic rings. The monoisotopic (exact) mass is 334 g/mol. The van der Waals surface area contributed by atoms with Crippen molar-refractivity contribution in [2.24, 2.45) is 0 Å². The summed E-state index contributed by atoms with van der Waals surface area (Å²) in [5.74, 6) is -0.342. The summed E-state index contributed by atoms with van der Waals surface area (Å²) in [6.07, 6.45) is 1.47. The van der Waals surface area contributed by atoms with Crippen LogP contribution < -0.4 is 10.1 Å².